The van der Waals surface area contributed by atoms with Crippen LogP contribution in [-0.4, -0.2) is 45.9 Å². The number of rotatable bonds is 9. The SMILES string of the molecule is O=C(CCC(C1CCCCC1)N(O)Cc1ccccc1)N1C(=O)OC[C@H]1Cc1ccccc1. The summed E-state index contributed by atoms with van der Waals surface area (Å²) >= 11 is 0. The summed E-state index contributed by atoms with van der Waals surface area (Å²) in [6, 6.07) is 19.4. The van der Waals surface area contributed by atoms with Gasteiger partial charge >= 0.3 is 6.09 Å². The molecule has 1 aliphatic carbocycles. The zero-order valence-corrected chi connectivity index (χ0v) is 19.1. The lowest BCUT2D eigenvalue weighted by Gasteiger charge is -2.35. The molecule has 2 amide bonds. The van der Waals surface area contributed by atoms with Gasteiger partial charge in [-0.05, 0) is 42.7 Å². The highest BCUT2D eigenvalue weighted by molar-refractivity contribution is 5.93. The first-order chi connectivity index (χ1) is 16.1. The van der Waals surface area contributed by atoms with E-state index in [1.165, 1.54) is 16.4 Å². The molecule has 2 fully saturated rings. The number of carbonyl (C=O) groups excluding carboxylic acids is 2. The molecule has 2 atom stereocenters. The van der Waals surface area contributed by atoms with Gasteiger partial charge in [0.15, 0.2) is 0 Å². The van der Waals surface area contributed by atoms with E-state index in [9.17, 15) is 14.8 Å². The third kappa shape index (κ3) is 6.21. The lowest BCUT2D eigenvalue weighted by atomic mass is 9.82. The standard InChI is InChI=1S/C27H34N2O4/c30-26(29-24(20-33-27(29)31)18-21-10-4-1-5-11-21)17-16-25(23-14-8-3-9-15-23)28(32)19-22-12-6-2-7-13-22/h1-2,4-7,10-13,23-25,32H,3,8-9,14-20H2/t24-,25?/m1/s1. The highest BCUT2D eigenvalue weighted by Crippen LogP contribution is 2.32. The summed E-state index contributed by atoms with van der Waals surface area (Å²) in [5.74, 6) is 0.137. The molecule has 2 aromatic rings. The predicted octanol–water partition coefficient (Wildman–Crippen LogP) is 5.20. The van der Waals surface area contributed by atoms with Gasteiger partial charge in [0, 0.05) is 19.0 Å². The van der Waals surface area contributed by atoms with Crippen LogP contribution >= 0.6 is 0 Å². The molecule has 0 bridgehead atoms. The van der Waals surface area contributed by atoms with E-state index in [-0.39, 0.29) is 31.0 Å². The largest absolute Gasteiger partial charge is 0.447 e. The molecule has 0 spiro atoms. The third-order valence-electron chi connectivity index (χ3n) is 6.96. The fraction of sp³-hybridized carbons (Fsp3) is 0.481. The van der Waals surface area contributed by atoms with Crippen molar-refractivity contribution in [2.75, 3.05) is 6.61 Å². The number of imide groups is 1. The van der Waals surface area contributed by atoms with Crippen LogP contribution in [0.15, 0.2) is 60.7 Å². The van der Waals surface area contributed by atoms with Crippen molar-refractivity contribution in [3.05, 3.63) is 71.8 Å². The number of hydrogen-bond donors (Lipinski definition) is 1. The van der Waals surface area contributed by atoms with Crippen molar-refractivity contribution in [1.29, 1.82) is 0 Å². The Morgan fingerprint density at radius 3 is 2.30 bits per heavy atom. The zero-order valence-electron chi connectivity index (χ0n) is 19.1. The maximum atomic E-state index is 13.1. The minimum absolute atomic E-state index is 0.111. The molecular formula is C27H34N2O4. The Balaban J connectivity index is 1.41. The molecule has 1 N–H and O–H groups in total. The predicted molar refractivity (Wildman–Crippen MR) is 125 cm³/mol. The van der Waals surface area contributed by atoms with E-state index in [0.717, 1.165) is 36.8 Å². The minimum Gasteiger partial charge on any atom is -0.447 e. The van der Waals surface area contributed by atoms with Gasteiger partial charge in [-0.15, -0.1) is 0 Å². The van der Waals surface area contributed by atoms with Crippen LogP contribution < -0.4 is 0 Å². The summed E-state index contributed by atoms with van der Waals surface area (Å²) in [6.45, 7) is 0.657. The van der Waals surface area contributed by atoms with Gasteiger partial charge in [0.1, 0.15) is 6.61 Å². The van der Waals surface area contributed by atoms with Gasteiger partial charge in [0.2, 0.25) is 5.91 Å². The van der Waals surface area contributed by atoms with Gasteiger partial charge in [0.25, 0.3) is 0 Å². The summed E-state index contributed by atoms with van der Waals surface area (Å²) in [4.78, 5) is 26.8. The van der Waals surface area contributed by atoms with E-state index >= 15 is 0 Å². The molecule has 6 nitrogen and oxygen atoms in total. The van der Waals surface area contributed by atoms with Crippen LogP contribution in [0, 0.1) is 5.92 Å². The van der Waals surface area contributed by atoms with Crippen LogP contribution in [0.1, 0.15) is 56.1 Å². The molecule has 6 heteroatoms. The van der Waals surface area contributed by atoms with Crippen molar-refractivity contribution in [3.63, 3.8) is 0 Å². The number of cyclic esters (lactones) is 1. The molecule has 1 aliphatic heterocycles. The van der Waals surface area contributed by atoms with Crippen LogP contribution in [0.3, 0.4) is 0 Å². The second-order valence-corrected chi connectivity index (χ2v) is 9.27. The van der Waals surface area contributed by atoms with E-state index in [1.54, 1.807) is 0 Å². The number of ether oxygens (including phenoxy) is 1. The molecule has 1 saturated heterocycles. The summed E-state index contributed by atoms with van der Waals surface area (Å²) < 4.78 is 5.23. The van der Waals surface area contributed by atoms with Crippen LogP contribution in [0.5, 0.6) is 0 Å². The fourth-order valence-corrected chi connectivity index (χ4v) is 5.23. The smallest absolute Gasteiger partial charge is 0.416 e. The first-order valence-corrected chi connectivity index (χ1v) is 12.1. The quantitative estimate of drug-likeness (QED) is 0.532. The van der Waals surface area contributed by atoms with Crippen LogP contribution in [-0.2, 0) is 22.5 Å². The number of benzene rings is 2. The average molecular weight is 451 g/mol. The Hall–Kier alpha value is -2.70. The van der Waals surface area contributed by atoms with Crippen LogP contribution in [0.25, 0.3) is 0 Å². The van der Waals surface area contributed by atoms with Crippen molar-refractivity contribution in [2.24, 2.45) is 5.92 Å². The molecule has 0 radical (unpaired) electrons. The molecule has 33 heavy (non-hydrogen) atoms. The lowest BCUT2D eigenvalue weighted by molar-refractivity contribution is -0.157. The zero-order chi connectivity index (χ0) is 23.0. The van der Waals surface area contributed by atoms with Crippen molar-refractivity contribution >= 4 is 12.0 Å². The molecule has 4 rings (SSSR count). The van der Waals surface area contributed by atoms with E-state index in [0.29, 0.717) is 25.3 Å². The third-order valence-corrected chi connectivity index (χ3v) is 6.96. The minimum atomic E-state index is -0.555. The Morgan fingerprint density at radius 2 is 1.64 bits per heavy atom. The monoisotopic (exact) mass is 450 g/mol. The molecular weight excluding hydrogens is 416 g/mol. The molecule has 0 aromatic heterocycles. The second kappa shape index (κ2) is 11.4. The Kier molecular flexibility index (Phi) is 8.13. The van der Waals surface area contributed by atoms with Crippen molar-refractivity contribution in [3.8, 4) is 0 Å². The van der Waals surface area contributed by atoms with Crippen molar-refractivity contribution in [1.82, 2.24) is 9.96 Å². The fourth-order valence-electron chi connectivity index (χ4n) is 5.23. The van der Waals surface area contributed by atoms with Crippen LogP contribution in [0.4, 0.5) is 4.79 Å². The van der Waals surface area contributed by atoms with E-state index in [4.69, 9.17) is 4.74 Å². The Morgan fingerprint density at radius 1 is 1.00 bits per heavy atom. The van der Waals surface area contributed by atoms with Gasteiger partial charge in [-0.2, -0.15) is 5.06 Å². The summed E-state index contributed by atoms with van der Waals surface area (Å²) in [7, 11) is 0. The number of amides is 2. The van der Waals surface area contributed by atoms with E-state index in [2.05, 4.69) is 0 Å². The average Bonchev–Trinajstić information content (AvgIpc) is 3.21. The molecule has 176 valence electrons. The molecule has 1 heterocycles. The van der Waals surface area contributed by atoms with E-state index in [1.807, 2.05) is 60.7 Å². The molecule has 2 aliphatic rings. The number of nitrogens with zero attached hydrogens (tertiary/aromatic N) is 2. The van der Waals surface area contributed by atoms with Gasteiger partial charge < -0.3 is 9.94 Å². The van der Waals surface area contributed by atoms with Gasteiger partial charge in [-0.1, -0.05) is 79.9 Å². The van der Waals surface area contributed by atoms with Gasteiger partial charge in [0.05, 0.1) is 6.04 Å². The lowest BCUT2D eigenvalue weighted by Crippen LogP contribution is -2.43. The maximum absolute atomic E-state index is 13.1. The molecule has 1 saturated carbocycles. The van der Waals surface area contributed by atoms with Gasteiger partial charge in [-0.25, -0.2) is 9.69 Å². The van der Waals surface area contributed by atoms with Crippen LogP contribution in [0.2, 0.25) is 0 Å². The van der Waals surface area contributed by atoms with E-state index < -0.39 is 6.09 Å². The topological polar surface area (TPSA) is 70.1 Å². The Bertz CT molecular complexity index is 899. The number of hydrogen-bond acceptors (Lipinski definition) is 5. The summed E-state index contributed by atoms with van der Waals surface area (Å²) in [6.07, 6.45) is 6.44. The first-order valence-electron chi connectivity index (χ1n) is 12.1. The summed E-state index contributed by atoms with van der Waals surface area (Å²) in [5.41, 5.74) is 2.11. The highest BCUT2D eigenvalue weighted by Gasteiger charge is 2.38. The highest BCUT2D eigenvalue weighted by atomic mass is 16.6. The maximum Gasteiger partial charge on any atom is 0.416 e. The number of hydroxylamine groups is 2. The number of carbonyl (C=O) groups is 2. The van der Waals surface area contributed by atoms with Gasteiger partial charge in [-0.3, -0.25) is 4.79 Å². The van der Waals surface area contributed by atoms with Crippen molar-refractivity contribution in [2.45, 2.75) is 70.0 Å². The van der Waals surface area contributed by atoms with Crippen molar-refractivity contribution < 1.29 is 19.5 Å². The Labute approximate surface area is 196 Å². The normalized spacial score (nSPS) is 20.1. The second-order valence-electron chi connectivity index (χ2n) is 9.27. The summed E-state index contributed by atoms with van der Waals surface area (Å²) in [5, 5.41) is 12.4. The molecule has 1 unspecified atom stereocenters. The molecule has 2 aromatic carbocycles. The first kappa shape index (κ1) is 23.5.